The van der Waals surface area contributed by atoms with Crippen LogP contribution in [0.25, 0.3) is 0 Å². The summed E-state index contributed by atoms with van der Waals surface area (Å²) in [4.78, 5) is 12.7. The van der Waals surface area contributed by atoms with Gasteiger partial charge in [-0.05, 0) is 109 Å². The molecule has 0 aromatic heterocycles. The van der Waals surface area contributed by atoms with Crippen LogP contribution in [0.5, 0.6) is 0 Å². The van der Waals surface area contributed by atoms with Gasteiger partial charge in [0, 0.05) is 6.42 Å². The van der Waals surface area contributed by atoms with Crippen LogP contribution in [0, 0.1) is 5.92 Å². The van der Waals surface area contributed by atoms with Gasteiger partial charge in [0.25, 0.3) is 0 Å². The third kappa shape index (κ3) is 26.7. The molecule has 0 aliphatic carbocycles. The van der Waals surface area contributed by atoms with Crippen LogP contribution in [-0.4, -0.2) is 12.1 Å². The molecule has 2 nitrogen and oxygen atoms in total. The first-order valence-electron chi connectivity index (χ1n) is 17.3. The Kier molecular flexibility index (Phi) is 30.2. The zero-order chi connectivity index (χ0) is 28.7. The molecule has 0 saturated carbocycles. The van der Waals surface area contributed by atoms with Crippen LogP contribution >= 0.6 is 0 Å². The van der Waals surface area contributed by atoms with E-state index in [1.165, 1.54) is 89.9 Å². The molecule has 0 spiro atoms. The van der Waals surface area contributed by atoms with Crippen molar-refractivity contribution in [3.05, 3.63) is 36.5 Å². The van der Waals surface area contributed by atoms with Crippen molar-refractivity contribution >= 4 is 5.97 Å². The molecule has 0 N–H and O–H groups in total. The van der Waals surface area contributed by atoms with Gasteiger partial charge in [-0.3, -0.25) is 4.79 Å². The van der Waals surface area contributed by atoms with E-state index in [-0.39, 0.29) is 12.1 Å². The van der Waals surface area contributed by atoms with Crippen LogP contribution in [-0.2, 0) is 9.53 Å². The van der Waals surface area contributed by atoms with Crippen LogP contribution in [0.2, 0.25) is 0 Å². The Labute approximate surface area is 245 Å². The SMILES string of the molecule is CCCCCC=CCCCC(CCC/C=C\CCCCC)C(CCCC=CCCCCC)OC(=O)CCCC. The predicted molar refractivity (Wildman–Crippen MR) is 174 cm³/mol. The average Bonchev–Trinajstić information content (AvgIpc) is 2.94. The Morgan fingerprint density at radius 1 is 0.487 bits per heavy atom. The maximum Gasteiger partial charge on any atom is 0.306 e. The number of unbranched alkanes of at least 4 members (excludes halogenated alkanes) is 13. The quantitative estimate of drug-likeness (QED) is 0.0531. The first-order chi connectivity index (χ1) is 19.2. The number of hydrogen-bond acceptors (Lipinski definition) is 2. The van der Waals surface area contributed by atoms with Crippen molar-refractivity contribution in [2.75, 3.05) is 0 Å². The van der Waals surface area contributed by atoms with Gasteiger partial charge >= 0.3 is 5.97 Å². The van der Waals surface area contributed by atoms with Crippen molar-refractivity contribution in [1.82, 2.24) is 0 Å². The number of esters is 1. The molecule has 39 heavy (non-hydrogen) atoms. The van der Waals surface area contributed by atoms with Crippen molar-refractivity contribution < 1.29 is 9.53 Å². The van der Waals surface area contributed by atoms with E-state index in [0.717, 1.165) is 57.8 Å². The second-order valence-electron chi connectivity index (χ2n) is 11.6. The minimum atomic E-state index is 0.0218. The normalized spacial score (nSPS) is 13.6. The summed E-state index contributed by atoms with van der Waals surface area (Å²) in [7, 11) is 0. The van der Waals surface area contributed by atoms with Crippen molar-refractivity contribution in [2.45, 2.75) is 188 Å². The van der Waals surface area contributed by atoms with E-state index in [1.54, 1.807) is 0 Å². The van der Waals surface area contributed by atoms with Gasteiger partial charge in [-0.1, -0.05) is 109 Å². The number of allylic oxidation sites excluding steroid dienone is 6. The largest absolute Gasteiger partial charge is 0.462 e. The van der Waals surface area contributed by atoms with E-state index in [9.17, 15) is 4.79 Å². The van der Waals surface area contributed by atoms with Gasteiger partial charge in [-0.25, -0.2) is 0 Å². The molecule has 0 radical (unpaired) electrons. The maximum absolute atomic E-state index is 12.7. The fourth-order valence-corrected chi connectivity index (χ4v) is 5.13. The number of hydrogen-bond donors (Lipinski definition) is 0. The molecule has 0 aliphatic rings. The lowest BCUT2D eigenvalue weighted by atomic mass is 9.87. The Morgan fingerprint density at radius 2 is 0.846 bits per heavy atom. The fraction of sp³-hybridized carbons (Fsp3) is 0.811. The molecule has 0 amide bonds. The van der Waals surface area contributed by atoms with Gasteiger partial charge in [0.2, 0.25) is 0 Å². The van der Waals surface area contributed by atoms with Crippen molar-refractivity contribution in [3.8, 4) is 0 Å². The van der Waals surface area contributed by atoms with Crippen LogP contribution in [0.3, 0.4) is 0 Å². The van der Waals surface area contributed by atoms with Gasteiger partial charge in [0.15, 0.2) is 0 Å². The Morgan fingerprint density at radius 3 is 1.23 bits per heavy atom. The summed E-state index contributed by atoms with van der Waals surface area (Å²) in [5.74, 6) is 0.500. The van der Waals surface area contributed by atoms with E-state index < -0.39 is 0 Å². The average molecular weight is 545 g/mol. The summed E-state index contributed by atoms with van der Waals surface area (Å²) in [6.07, 6.45) is 42.5. The Hall–Kier alpha value is -1.31. The van der Waals surface area contributed by atoms with Crippen molar-refractivity contribution in [2.24, 2.45) is 5.92 Å². The lowest BCUT2D eigenvalue weighted by molar-refractivity contribution is -0.153. The summed E-state index contributed by atoms with van der Waals surface area (Å²) in [6, 6.07) is 0. The minimum Gasteiger partial charge on any atom is -0.462 e. The highest BCUT2D eigenvalue weighted by atomic mass is 16.5. The minimum absolute atomic E-state index is 0.0218. The maximum atomic E-state index is 12.7. The zero-order valence-electron chi connectivity index (χ0n) is 26.9. The highest BCUT2D eigenvalue weighted by Crippen LogP contribution is 2.27. The molecule has 2 unspecified atom stereocenters. The molecule has 228 valence electrons. The summed E-state index contributed by atoms with van der Waals surface area (Å²) >= 11 is 0. The summed E-state index contributed by atoms with van der Waals surface area (Å²) < 4.78 is 6.22. The van der Waals surface area contributed by atoms with E-state index in [1.807, 2.05) is 0 Å². The van der Waals surface area contributed by atoms with Crippen LogP contribution in [0.15, 0.2) is 36.5 Å². The molecule has 0 heterocycles. The van der Waals surface area contributed by atoms with Crippen LogP contribution in [0.4, 0.5) is 0 Å². The molecule has 2 heteroatoms. The van der Waals surface area contributed by atoms with E-state index in [0.29, 0.717) is 12.3 Å². The first kappa shape index (κ1) is 37.7. The van der Waals surface area contributed by atoms with Crippen LogP contribution in [0.1, 0.15) is 182 Å². The number of ether oxygens (including phenoxy) is 1. The monoisotopic (exact) mass is 545 g/mol. The topological polar surface area (TPSA) is 26.3 Å². The van der Waals surface area contributed by atoms with Gasteiger partial charge < -0.3 is 4.74 Å². The molecule has 0 aromatic carbocycles. The van der Waals surface area contributed by atoms with Crippen LogP contribution < -0.4 is 0 Å². The molecule has 0 rings (SSSR count). The number of carbonyl (C=O) groups excluding carboxylic acids is 1. The Bertz CT molecular complexity index is 562. The smallest absolute Gasteiger partial charge is 0.306 e. The number of rotatable bonds is 29. The second-order valence-corrected chi connectivity index (χ2v) is 11.6. The summed E-state index contributed by atoms with van der Waals surface area (Å²) in [6.45, 7) is 8.94. The predicted octanol–water partition coefficient (Wildman–Crippen LogP) is 12.6. The highest BCUT2D eigenvalue weighted by molar-refractivity contribution is 5.69. The Balaban J connectivity index is 5.00. The fourth-order valence-electron chi connectivity index (χ4n) is 5.13. The molecule has 0 bridgehead atoms. The second kappa shape index (κ2) is 31.2. The van der Waals surface area contributed by atoms with Gasteiger partial charge in [-0.2, -0.15) is 0 Å². The van der Waals surface area contributed by atoms with Gasteiger partial charge in [0.05, 0.1) is 0 Å². The molecular weight excluding hydrogens is 476 g/mol. The molecule has 0 saturated heterocycles. The molecule has 0 aromatic rings. The highest BCUT2D eigenvalue weighted by Gasteiger charge is 2.24. The van der Waals surface area contributed by atoms with Crippen molar-refractivity contribution in [1.29, 1.82) is 0 Å². The standard InChI is InChI=1S/C37H68O2/c1-5-9-13-16-19-22-25-28-31-35(32-29-26-23-20-17-14-10-6-2)36(39-37(38)34-12-8-4)33-30-27-24-21-18-15-11-7-3/h19-24,35-36H,5-18,25-34H2,1-4H3/b22-19-,23-20?,24-21?. The third-order valence-corrected chi connectivity index (χ3v) is 7.72. The summed E-state index contributed by atoms with van der Waals surface area (Å²) in [5, 5.41) is 0. The van der Waals surface area contributed by atoms with E-state index >= 15 is 0 Å². The van der Waals surface area contributed by atoms with Gasteiger partial charge in [-0.15, -0.1) is 0 Å². The zero-order valence-corrected chi connectivity index (χ0v) is 26.9. The lowest BCUT2D eigenvalue weighted by Gasteiger charge is -2.27. The van der Waals surface area contributed by atoms with Gasteiger partial charge in [0.1, 0.15) is 6.10 Å². The van der Waals surface area contributed by atoms with Crippen molar-refractivity contribution in [3.63, 3.8) is 0 Å². The molecule has 0 aliphatic heterocycles. The lowest BCUT2D eigenvalue weighted by Crippen LogP contribution is -2.27. The molecule has 2 atom stereocenters. The summed E-state index contributed by atoms with van der Waals surface area (Å²) in [5.41, 5.74) is 0. The number of carbonyl (C=O) groups is 1. The molecular formula is C37H68O2. The van der Waals surface area contributed by atoms with E-state index in [4.69, 9.17) is 4.74 Å². The third-order valence-electron chi connectivity index (χ3n) is 7.72. The first-order valence-corrected chi connectivity index (χ1v) is 17.3. The molecule has 0 fully saturated rings. The van der Waals surface area contributed by atoms with E-state index in [2.05, 4.69) is 64.2 Å².